The van der Waals surface area contributed by atoms with Gasteiger partial charge in [0.1, 0.15) is 5.75 Å². The Morgan fingerprint density at radius 1 is 1.21 bits per heavy atom. The van der Waals surface area contributed by atoms with Crippen molar-refractivity contribution in [2.45, 2.75) is 67.2 Å². The molecule has 3 heteroatoms. The molecule has 0 aromatic heterocycles. The Kier molecular flexibility index (Phi) is 8.59. The summed E-state index contributed by atoms with van der Waals surface area (Å²) in [6.45, 7) is 13.3. The lowest BCUT2D eigenvalue weighted by Crippen LogP contribution is -2.21. The van der Waals surface area contributed by atoms with Crippen LogP contribution in [-0.4, -0.2) is 19.1 Å². The number of nitrogens with one attached hydrogen (secondary N) is 1. The van der Waals surface area contributed by atoms with E-state index in [-0.39, 0.29) is 5.91 Å². The first kappa shape index (κ1) is 20.3. The molecule has 1 aromatic carbocycles. The first-order valence-corrected chi connectivity index (χ1v) is 9.38. The van der Waals surface area contributed by atoms with Gasteiger partial charge in [-0.3, -0.25) is 4.79 Å². The highest BCUT2D eigenvalue weighted by Crippen LogP contribution is 2.42. The van der Waals surface area contributed by atoms with Gasteiger partial charge >= 0.3 is 0 Å². The molecule has 0 spiro atoms. The van der Waals surface area contributed by atoms with Gasteiger partial charge in [0.2, 0.25) is 5.91 Å². The van der Waals surface area contributed by atoms with Crippen molar-refractivity contribution in [3.8, 4) is 5.75 Å². The van der Waals surface area contributed by atoms with Crippen LogP contribution in [0.5, 0.6) is 5.75 Å². The monoisotopic (exact) mass is 331 g/mol. The summed E-state index contributed by atoms with van der Waals surface area (Å²) in [4.78, 5) is 11.0. The Morgan fingerprint density at radius 2 is 1.92 bits per heavy atom. The van der Waals surface area contributed by atoms with Gasteiger partial charge in [-0.2, -0.15) is 0 Å². The van der Waals surface area contributed by atoms with Gasteiger partial charge in [0.05, 0.1) is 6.61 Å². The van der Waals surface area contributed by atoms with Crippen molar-refractivity contribution in [1.82, 2.24) is 5.32 Å². The predicted molar refractivity (Wildman–Crippen MR) is 103 cm³/mol. The van der Waals surface area contributed by atoms with Crippen LogP contribution in [0.15, 0.2) is 17.7 Å². The van der Waals surface area contributed by atoms with E-state index >= 15 is 0 Å². The van der Waals surface area contributed by atoms with Crippen molar-refractivity contribution < 1.29 is 9.53 Å². The average molecular weight is 332 g/mol. The molecule has 3 nitrogen and oxygen atoms in total. The van der Waals surface area contributed by atoms with Crippen LogP contribution < -0.4 is 10.1 Å². The highest BCUT2D eigenvalue weighted by molar-refractivity contribution is 5.80. The van der Waals surface area contributed by atoms with Crippen molar-refractivity contribution in [2.24, 2.45) is 0 Å². The fourth-order valence-corrected chi connectivity index (χ4v) is 3.32. The molecule has 1 heterocycles. The first-order valence-electron chi connectivity index (χ1n) is 9.38. The lowest BCUT2D eigenvalue weighted by Gasteiger charge is -2.21. The van der Waals surface area contributed by atoms with E-state index in [2.05, 4.69) is 24.4 Å². The molecule has 1 amide bonds. The molecule has 1 aliphatic heterocycles. The third-order valence-corrected chi connectivity index (χ3v) is 4.21. The molecule has 0 unspecified atom stereocenters. The number of fused-ring (bicyclic) bond motifs is 3. The molecule has 3 rings (SSSR count). The van der Waals surface area contributed by atoms with Crippen LogP contribution in [0.2, 0.25) is 0 Å². The van der Waals surface area contributed by atoms with Gasteiger partial charge in [-0.15, -0.1) is 0 Å². The minimum Gasteiger partial charge on any atom is -0.493 e. The maximum atomic E-state index is 11.0. The predicted octanol–water partition coefficient (Wildman–Crippen LogP) is 4.92. The second kappa shape index (κ2) is 10.2. The summed E-state index contributed by atoms with van der Waals surface area (Å²) < 4.78 is 5.78. The maximum Gasteiger partial charge on any atom is 0.216 e. The Balaban J connectivity index is 0.000000671. The van der Waals surface area contributed by atoms with Crippen LogP contribution in [0, 0.1) is 0 Å². The maximum absolute atomic E-state index is 11.0. The zero-order valence-corrected chi connectivity index (χ0v) is 16.2. The zero-order chi connectivity index (χ0) is 18.1. The number of benzene rings is 1. The standard InChI is InChI=1S/C17H21NO2.2C2H6/c1-11-10-13-5-6-16-15(4-3-9-20-16)17(13)14(11)7-8-18-12(2)19;2*1-2/h5-6H,3-4,7-10H2,1-2H3,(H,18,19);2*1-2H3. The Hall–Kier alpha value is -1.77. The summed E-state index contributed by atoms with van der Waals surface area (Å²) in [5.74, 6) is 1.10. The van der Waals surface area contributed by atoms with Gasteiger partial charge in [-0.25, -0.2) is 0 Å². The van der Waals surface area contributed by atoms with Crippen LogP contribution in [0.3, 0.4) is 0 Å². The molecular weight excluding hydrogens is 298 g/mol. The zero-order valence-electron chi connectivity index (χ0n) is 16.2. The SMILES string of the molecule is CC.CC.CC(=O)NCCC1=C(C)Cc2ccc3c(c21)CCCO3. The van der Waals surface area contributed by atoms with E-state index in [9.17, 15) is 4.79 Å². The van der Waals surface area contributed by atoms with Crippen molar-refractivity contribution in [3.63, 3.8) is 0 Å². The Labute approximate surface area is 147 Å². The average Bonchev–Trinajstić information content (AvgIpc) is 2.94. The van der Waals surface area contributed by atoms with Gasteiger partial charge in [0.25, 0.3) is 0 Å². The fraction of sp³-hybridized carbons (Fsp3) is 0.571. The van der Waals surface area contributed by atoms with E-state index in [4.69, 9.17) is 4.74 Å². The smallest absolute Gasteiger partial charge is 0.216 e. The second-order valence-corrected chi connectivity index (χ2v) is 5.70. The van der Waals surface area contributed by atoms with Crippen molar-refractivity contribution in [1.29, 1.82) is 0 Å². The molecule has 134 valence electrons. The summed E-state index contributed by atoms with van der Waals surface area (Å²) in [6.07, 6.45) is 4.16. The first-order chi connectivity index (χ1) is 11.7. The number of rotatable bonds is 3. The molecule has 1 aliphatic carbocycles. The van der Waals surface area contributed by atoms with Gasteiger partial charge in [-0.1, -0.05) is 39.3 Å². The van der Waals surface area contributed by atoms with Gasteiger partial charge in [0, 0.05) is 19.0 Å². The summed E-state index contributed by atoms with van der Waals surface area (Å²) in [5.41, 5.74) is 7.05. The lowest BCUT2D eigenvalue weighted by atomic mass is 9.92. The number of hydrogen-bond donors (Lipinski definition) is 1. The van der Waals surface area contributed by atoms with Gasteiger partial charge in [-0.05, 0) is 55.4 Å². The Morgan fingerprint density at radius 3 is 2.58 bits per heavy atom. The fourth-order valence-electron chi connectivity index (χ4n) is 3.32. The van der Waals surface area contributed by atoms with Crippen molar-refractivity contribution in [3.05, 3.63) is 34.4 Å². The number of carbonyl (C=O) groups excluding carboxylic acids is 1. The third kappa shape index (κ3) is 4.62. The topological polar surface area (TPSA) is 38.3 Å². The van der Waals surface area contributed by atoms with E-state index in [1.165, 1.54) is 27.8 Å². The summed E-state index contributed by atoms with van der Waals surface area (Å²) in [6, 6.07) is 4.33. The summed E-state index contributed by atoms with van der Waals surface area (Å²) in [7, 11) is 0. The molecule has 24 heavy (non-hydrogen) atoms. The van der Waals surface area contributed by atoms with Crippen LogP contribution in [0.1, 0.15) is 71.1 Å². The van der Waals surface area contributed by atoms with E-state index in [0.29, 0.717) is 6.54 Å². The largest absolute Gasteiger partial charge is 0.493 e. The third-order valence-electron chi connectivity index (χ3n) is 4.21. The lowest BCUT2D eigenvalue weighted by molar-refractivity contribution is -0.118. The molecule has 0 atom stereocenters. The molecule has 0 bridgehead atoms. The normalized spacial score (nSPS) is 14.2. The number of ether oxygens (including phenoxy) is 1. The molecule has 0 saturated carbocycles. The van der Waals surface area contributed by atoms with E-state index in [1.807, 2.05) is 27.7 Å². The summed E-state index contributed by atoms with van der Waals surface area (Å²) in [5, 5.41) is 2.90. The van der Waals surface area contributed by atoms with E-state index in [0.717, 1.165) is 38.0 Å². The number of carbonyl (C=O) groups is 1. The van der Waals surface area contributed by atoms with Crippen LogP contribution in [-0.2, 0) is 17.6 Å². The number of hydrogen-bond acceptors (Lipinski definition) is 2. The molecule has 0 radical (unpaired) electrons. The minimum absolute atomic E-state index is 0.0416. The van der Waals surface area contributed by atoms with Gasteiger partial charge in [0.15, 0.2) is 0 Å². The molecule has 0 fully saturated rings. The van der Waals surface area contributed by atoms with Crippen LogP contribution in [0.25, 0.3) is 5.57 Å². The molecule has 1 aromatic rings. The quantitative estimate of drug-likeness (QED) is 0.853. The highest BCUT2D eigenvalue weighted by Gasteiger charge is 2.25. The molecule has 0 saturated heterocycles. The minimum atomic E-state index is 0.0416. The highest BCUT2D eigenvalue weighted by atomic mass is 16.5. The van der Waals surface area contributed by atoms with Crippen LogP contribution >= 0.6 is 0 Å². The molecule has 1 N–H and O–H groups in total. The van der Waals surface area contributed by atoms with E-state index < -0.39 is 0 Å². The summed E-state index contributed by atoms with van der Waals surface area (Å²) >= 11 is 0. The Bertz CT molecular complexity index is 588. The van der Waals surface area contributed by atoms with Crippen molar-refractivity contribution >= 4 is 11.5 Å². The van der Waals surface area contributed by atoms with Crippen LogP contribution in [0.4, 0.5) is 0 Å². The number of amides is 1. The number of allylic oxidation sites excluding steroid dienone is 1. The van der Waals surface area contributed by atoms with Crippen molar-refractivity contribution in [2.75, 3.05) is 13.2 Å². The molecule has 2 aliphatic rings. The van der Waals surface area contributed by atoms with Gasteiger partial charge < -0.3 is 10.1 Å². The molecular formula is C21H33NO2. The van der Waals surface area contributed by atoms with E-state index in [1.54, 1.807) is 6.92 Å². The second-order valence-electron chi connectivity index (χ2n) is 5.70.